The molecule has 3 aromatic rings. The summed E-state index contributed by atoms with van der Waals surface area (Å²) in [4.78, 5) is 34.3. The summed E-state index contributed by atoms with van der Waals surface area (Å²) in [5.74, 6) is -0.169. The van der Waals surface area contributed by atoms with Crippen molar-refractivity contribution in [3.8, 4) is 0 Å². The summed E-state index contributed by atoms with van der Waals surface area (Å²) in [5, 5.41) is 2.77. The van der Waals surface area contributed by atoms with Crippen LogP contribution in [0.3, 0.4) is 0 Å². The molecular weight excluding hydrogens is 364 g/mol. The molecule has 2 aliphatic rings. The van der Waals surface area contributed by atoms with E-state index in [9.17, 15) is 9.59 Å². The minimum atomic E-state index is -0.363. The molecule has 0 amide bonds. The van der Waals surface area contributed by atoms with Crippen molar-refractivity contribution >= 4 is 28.3 Å². The number of fused-ring (bicyclic) bond motifs is 4. The number of anilines is 1. The Morgan fingerprint density at radius 1 is 1.10 bits per heavy atom. The van der Waals surface area contributed by atoms with Crippen LogP contribution in [0.2, 0.25) is 0 Å². The largest absolute Gasteiger partial charge is 0.363 e. The Hall–Kier alpha value is -3.08. The van der Waals surface area contributed by atoms with Crippen LogP contribution in [0.15, 0.2) is 42.5 Å². The monoisotopic (exact) mass is 388 g/mol. The second-order valence-corrected chi connectivity index (χ2v) is 8.69. The van der Waals surface area contributed by atoms with E-state index < -0.39 is 0 Å². The Morgan fingerprint density at radius 2 is 1.86 bits per heavy atom. The van der Waals surface area contributed by atoms with Crippen LogP contribution in [-0.4, -0.2) is 23.3 Å². The summed E-state index contributed by atoms with van der Waals surface area (Å²) in [6.07, 6.45) is 3.45. The molecule has 0 unspecified atom stereocenters. The number of H-pyrrole nitrogens is 1. The number of aryl methyl sites for hydroxylation is 1. The number of benzene rings is 2. The summed E-state index contributed by atoms with van der Waals surface area (Å²) in [5.41, 5.74) is 5.23. The van der Waals surface area contributed by atoms with Crippen molar-refractivity contribution in [2.24, 2.45) is 0 Å². The first-order valence-electron chi connectivity index (χ1n) is 10.2. The van der Waals surface area contributed by atoms with Crippen LogP contribution in [0.25, 0.3) is 10.9 Å². The Morgan fingerprint density at radius 3 is 2.66 bits per heavy atom. The molecule has 1 aliphatic heterocycles. The summed E-state index contributed by atoms with van der Waals surface area (Å²) in [6, 6.07) is 13.3. The minimum Gasteiger partial charge on any atom is -0.352 e. The van der Waals surface area contributed by atoms with E-state index in [1.807, 2.05) is 18.2 Å². The van der Waals surface area contributed by atoms with Crippen molar-refractivity contribution in [2.75, 3.05) is 11.6 Å². The van der Waals surface area contributed by atoms with Gasteiger partial charge in [-0.15, -0.1) is 0 Å². The molecule has 148 valence electrons. The van der Waals surface area contributed by atoms with E-state index in [1.165, 1.54) is 0 Å². The molecule has 0 saturated heterocycles. The molecule has 0 bridgehead atoms. The lowest BCUT2D eigenvalue weighted by Crippen LogP contribution is -2.31. The predicted molar refractivity (Wildman–Crippen MR) is 112 cm³/mol. The zero-order valence-corrected chi connectivity index (χ0v) is 16.7. The van der Waals surface area contributed by atoms with Crippen molar-refractivity contribution in [2.45, 2.75) is 44.9 Å². The molecule has 0 radical (unpaired) electrons. The van der Waals surface area contributed by atoms with Crippen molar-refractivity contribution in [3.63, 3.8) is 0 Å². The van der Waals surface area contributed by atoms with Crippen LogP contribution in [0.1, 0.15) is 65.1 Å². The van der Waals surface area contributed by atoms with E-state index >= 15 is 0 Å². The highest BCUT2D eigenvalue weighted by atomic mass is 16.7. The van der Waals surface area contributed by atoms with E-state index in [1.54, 1.807) is 17.2 Å². The van der Waals surface area contributed by atoms with Crippen LogP contribution < -0.4 is 5.06 Å². The molecule has 1 aromatic heterocycles. The van der Waals surface area contributed by atoms with E-state index in [0.717, 1.165) is 52.7 Å². The minimum absolute atomic E-state index is 0.174. The van der Waals surface area contributed by atoms with Gasteiger partial charge in [0.15, 0.2) is 5.78 Å². The first kappa shape index (κ1) is 18.0. The van der Waals surface area contributed by atoms with Gasteiger partial charge in [-0.3, -0.25) is 4.79 Å². The zero-order chi connectivity index (χ0) is 20.2. The number of aromatic amines is 1. The number of hydrogen-bond acceptors (Lipinski definition) is 4. The van der Waals surface area contributed by atoms with Gasteiger partial charge in [-0.1, -0.05) is 32.0 Å². The molecule has 5 heteroatoms. The van der Waals surface area contributed by atoms with Crippen molar-refractivity contribution in [1.29, 1.82) is 0 Å². The normalized spacial score (nSPS) is 17.7. The van der Waals surface area contributed by atoms with Gasteiger partial charge >= 0.3 is 5.97 Å². The van der Waals surface area contributed by atoms with Crippen LogP contribution in [0.5, 0.6) is 0 Å². The first-order valence-corrected chi connectivity index (χ1v) is 10.2. The number of hydrogen-bond donors (Lipinski definition) is 1. The molecule has 1 N–H and O–H groups in total. The van der Waals surface area contributed by atoms with Crippen molar-refractivity contribution < 1.29 is 14.4 Å². The number of Topliss-reactive ketones (excluding diaryl/α,β-unsaturated/α-hetero) is 1. The molecule has 1 aliphatic carbocycles. The maximum atomic E-state index is 12.6. The maximum Gasteiger partial charge on any atom is 0.363 e. The highest BCUT2D eigenvalue weighted by Crippen LogP contribution is 2.44. The molecular formula is C24H24N2O3. The van der Waals surface area contributed by atoms with Gasteiger partial charge in [-0.2, -0.15) is 0 Å². The standard InChI is InChI=1S/C24H24N2O3/c1-24(2)14-26(29-23(28)15-8-4-3-5-9-15)20-12-17-16-10-6-7-11-21(27)22(16)25-19(17)13-18(20)24/h3-5,8-9,12-13,25H,6-7,10-11,14H2,1-2H3. The average molecular weight is 388 g/mol. The lowest BCUT2D eigenvalue weighted by molar-refractivity contribution is 0.0449. The number of nitrogens with zero attached hydrogens (tertiary/aromatic N) is 1. The number of hydroxylamine groups is 1. The first-order chi connectivity index (χ1) is 13.9. The topological polar surface area (TPSA) is 62.4 Å². The number of rotatable bonds is 2. The number of carbonyl (C=O) groups excluding carboxylic acids is 2. The molecule has 2 heterocycles. The number of aromatic nitrogens is 1. The summed E-state index contributed by atoms with van der Waals surface area (Å²) in [7, 11) is 0. The fourth-order valence-corrected chi connectivity index (χ4v) is 4.58. The molecule has 2 aromatic carbocycles. The van der Waals surface area contributed by atoms with E-state index in [0.29, 0.717) is 18.5 Å². The van der Waals surface area contributed by atoms with Crippen LogP contribution in [0.4, 0.5) is 5.69 Å². The highest BCUT2D eigenvalue weighted by molar-refractivity contribution is 6.04. The zero-order valence-electron chi connectivity index (χ0n) is 16.7. The van der Waals surface area contributed by atoms with Crippen LogP contribution in [-0.2, 0) is 16.7 Å². The van der Waals surface area contributed by atoms with Gasteiger partial charge in [0.25, 0.3) is 0 Å². The van der Waals surface area contributed by atoms with Gasteiger partial charge in [0.2, 0.25) is 0 Å². The van der Waals surface area contributed by atoms with Gasteiger partial charge < -0.3 is 9.82 Å². The second-order valence-electron chi connectivity index (χ2n) is 8.69. The Balaban J connectivity index is 1.58. The number of carbonyl (C=O) groups is 2. The lowest BCUT2D eigenvalue weighted by Gasteiger charge is -2.21. The third-order valence-electron chi connectivity index (χ3n) is 6.12. The van der Waals surface area contributed by atoms with Crippen molar-refractivity contribution in [1.82, 2.24) is 4.98 Å². The van der Waals surface area contributed by atoms with Gasteiger partial charge in [0, 0.05) is 22.7 Å². The molecule has 0 spiro atoms. The van der Waals surface area contributed by atoms with E-state index in [-0.39, 0.29) is 17.2 Å². The number of ketones is 1. The molecule has 0 atom stereocenters. The SMILES string of the molecule is CC1(C)CN(OC(=O)c2ccccc2)c2cc3c4c([nH]c3cc21)C(=O)CCCC4. The Kier molecular flexibility index (Phi) is 4.02. The fourth-order valence-electron chi connectivity index (χ4n) is 4.58. The Bertz CT molecular complexity index is 1130. The van der Waals surface area contributed by atoms with Crippen LogP contribution >= 0.6 is 0 Å². The van der Waals surface area contributed by atoms with Gasteiger partial charge in [-0.25, -0.2) is 9.86 Å². The van der Waals surface area contributed by atoms with Gasteiger partial charge in [-0.05, 0) is 54.7 Å². The van der Waals surface area contributed by atoms with Crippen molar-refractivity contribution in [3.05, 3.63) is 64.8 Å². The average Bonchev–Trinajstić information content (AvgIpc) is 3.11. The highest BCUT2D eigenvalue weighted by Gasteiger charge is 2.38. The smallest absolute Gasteiger partial charge is 0.352 e. The fraction of sp³-hybridized carbons (Fsp3) is 0.333. The summed E-state index contributed by atoms with van der Waals surface area (Å²) >= 11 is 0. The Labute approximate surface area is 169 Å². The molecule has 5 rings (SSSR count). The van der Waals surface area contributed by atoms with Gasteiger partial charge in [0.05, 0.1) is 23.5 Å². The van der Waals surface area contributed by atoms with E-state index in [2.05, 4.69) is 31.0 Å². The molecule has 0 saturated carbocycles. The second kappa shape index (κ2) is 6.48. The molecule has 0 fully saturated rings. The van der Waals surface area contributed by atoms with Gasteiger partial charge in [0.1, 0.15) is 0 Å². The summed E-state index contributed by atoms with van der Waals surface area (Å²) < 4.78 is 0. The third-order valence-corrected chi connectivity index (χ3v) is 6.12. The van der Waals surface area contributed by atoms with Crippen LogP contribution in [0, 0.1) is 0 Å². The molecule has 5 nitrogen and oxygen atoms in total. The number of nitrogens with one attached hydrogen (secondary N) is 1. The summed E-state index contributed by atoms with van der Waals surface area (Å²) in [6.45, 7) is 4.88. The van der Waals surface area contributed by atoms with E-state index in [4.69, 9.17) is 4.84 Å². The maximum absolute atomic E-state index is 12.6. The predicted octanol–water partition coefficient (Wildman–Crippen LogP) is 4.95. The quantitative estimate of drug-likeness (QED) is 0.631. The lowest BCUT2D eigenvalue weighted by atomic mass is 9.86. The molecule has 29 heavy (non-hydrogen) atoms. The third kappa shape index (κ3) is 2.92.